The minimum Gasteiger partial charge on any atom is -0.416 e. The molecule has 6 rings (SSSR count). The summed E-state index contributed by atoms with van der Waals surface area (Å²) in [6.45, 7) is 5.90. The van der Waals surface area contributed by atoms with E-state index in [4.69, 9.17) is 4.42 Å². The number of benzene rings is 2. The van der Waals surface area contributed by atoms with E-state index in [1.807, 2.05) is 59.5 Å². The smallest absolute Gasteiger partial charge is 0.302 e. The zero-order valence-corrected chi connectivity index (χ0v) is 20.1. The van der Waals surface area contributed by atoms with Gasteiger partial charge in [0, 0.05) is 29.1 Å². The van der Waals surface area contributed by atoms with E-state index in [9.17, 15) is 9.59 Å². The molecule has 3 aliphatic rings. The Hall–Kier alpha value is -3.10. The van der Waals surface area contributed by atoms with Gasteiger partial charge in [0.25, 0.3) is 5.91 Å². The molecule has 0 saturated carbocycles. The summed E-state index contributed by atoms with van der Waals surface area (Å²) in [5.74, 6) is 0.311. The number of nitrogens with zero attached hydrogens (tertiary/aromatic N) is 3. The summed E-state index contributed by atoms with van der Waals surface area (Å²) in [5.41, 5.74) is 1.61. The van der Waals surface area contributed by atoms with E-state index in [0.29, 0.717) is 22.6 Å². The number of hydrogen-bond donors (Lipinski definition) is 1. The predicted octanol–water partition coefficient (Wildman–Crippen LogP) is 4.91. The normalized spacial score (nSPS) is 23.5. The van der Waals surface area contributed by atoms with Crippen LogP contribution in [0.2, 0.25) is 0 Å². The third kappa shape index (κ3) is 4.60. The quantitative estimate of drug-likeness (QED) is 0.544. The molecule has 7 nitrogen and oxygen atoms in total. The van der Waals surface area contributed by atoms with Gasteiger partial charge in [-0.05, 0) is 75.2 Å². The number of piperidine rings is 3. The molecule has 34 heavy (non-hydrogen) atoms. The van der Waals surface area contributed by atoms with Crippen LogP contribution in [-0.4, -0.2) is 46.9 Å². The van der Waals surface area contributed by atoms with Crippen LogP contribution in [-0.2, 0) is 4.79 Å². The van der Waals surface area contributed by atoms with Gasteiger partial charge in [-0.1, -0.05) is 30.0 Å². The van der Waals surface area contributed by atoms with Gasteiger partial charge in [0.05, 0.1) is 12.2 Å². The minimum atomic E-state index is -0.235. The van der Waals surface area contributed by atoms with Crippen LogP contribution in [0.1, 0.15) is 37.0 Å². The molecule has 1 N–H and O–H groups in total. The van der Waals surface area contributed by atoms with Crippen molar-refractivity contribution in [3.63, 3.8) is 0 Å². The number of rotatable bonds is 6. The van der Waals surface area contributed by atoms with Crippen molar-refractivity contribution in [2.45, 2.75) is 48.8 Å². The second-order valence-corrected chi connectivity index (χ2v) is 9.99. The summed E-state index contributed by atoms with van der Waals surface area (Å²) in [7, 11) is 0. The Morgan fingerprint density at radius 2 is 1.79 bits per heavy atom. The monoisotopic (exact) mass is 476 g/mol. The van der Waals surface area contributed by atoms with Gasteiger partial charge in [0.2, 0.25) is 5.91 Å². The average Bonchev–Trinajstić information content (AvgIpc) is 3.28. The van der Waals surface area contributed by atoms with Crippen molar-refractivity contribution in [1.29, 1.82) is 0 Å². The molecule has 2 amide bonds. The first-order valence-corrected chi connectivity index (χ1v) is 12.5. The van der Waals surface area contributed by atoms with E-state index in [1.54, 1.807) is 6.20 Å². The van der Waals surface area contributed by atoms with Crippen LogP contribution in [0.5, 0.6) is 0 Å². The fourth-order valence-electron chi connectivity index (χ4n) is 5.15. The van der Waals surface area contributed by atoms with Crippen LogP contribution in [0, 0.1) is 5.92 Å². The Morgan fingerprint density at radius 3 is 2.44 bits per heavy atom. The number of amides is 2. The predicted molar refractivity (Wildman–Crippen MR) is 132 cm³/mol. The molecule has 0 aliphatic carbocycles. The zero-order chi connectivity index (χ0) is 23.7. The van der Waals surface area contributed by atoms with Gasteiger partial charge in [-0.25, -0.2) is 4.98 Å². The van der Waals surface area contributed by atoms with E-state index in [1.165, 1.54) is 18.7 Å². The second kappa shape index (κ2) is 9.64. The summed E-state index contributed by atoms with van der Waals surface area (Å²) < 4.78 is 5.53. The number of aromatic nitrogens is 1. The van der Waals surface area contributed by atoms with Gasteiger partial charge in [-0.2, -0.15) is 0 Å². The lowest BCUT2D eigenvalue weighted by atomic mass is 9.78. The zero-order valence-electron chi connectivity index (χ0n) is 19.3. The third-order valence-electron chi connectivity index (χ3n) is 6.77. The molecular formula is C26H28N4O3S. The molecule has 4 heterocycles. The lowest BCUT2D eigenvalue weighted by molar-refractivity contribution is -0.114. The van der Waals surface area contributed by atoms with E-state index < -0.39 is 0 Å². The molecule has 2 aromatic carbocycles. The number of hydrogen-bond acceptors (Lipinski definition) is 6. The average molecular weight is 477 g/mol. The lowest BCUT2D eigenvalue weighted by Crippen LogP contribution is -2.63. The summed E-state index contributed by atoms with van der Waals surface area (Å²) in [6.07, 6.45) is 3.85. The fraction of sp³-hybridized carbons (Fsp3) is 0.346. The van der Waals surface area contributed by atoms with E-state index in [0.717, 1.165) is 36.5 Å². The van der Waals surface area contributed by atoms with Crippen molar-refractivity contribution >= 4 is 35.3 Å². The number of carbonyl (C=O) groups excluding carboxylic acids is 2. The number of para-hydroxylation sites is 1. The van der Waals surface area contributed by atoms with E-state index in [2.05, 4.69) is 22.1 Å². The van der Waals surface area contributed by atoms with Gasteiger partial charge >= 0.3 is 6.01 Å². The van der Waals surface area contributed by atoms with Gasteiger partial charge < -0.3 is 9.32 Å². The largest absolute Gasteiger partial charge is 0.416 e. The van der Waals surface area contributed by atoms with Crippen molar-refractivity contribution in [2.24, 2.45) is 5.92 Å². The summed E-state index contributed by atoms with van der Waals surface area (Å²) in [5, 5.41) is 3.09. The molecule has 2 bridgehead atoms. The topological polar surface area (TPSA) is 78.7 Å². The van der Waals surface area contributed by atoms with Crippen molar-refractivity contribution < 1.29 is 14.0 Å². The first-order chi connectivity index (χ1) is 16.5. The van der Waals surface area contributed by atoms with Crippen molar-refractivity contribution in [1.82, 2.24) is 9.88 Å². The Balaban J connectivity index is 1.37. The van der Waals surface area contributed by atoms with E-state index >= 15 is 0 Å². The molecule has 3 saturated heterocycles. The van der Waals surface area contributed by atoms with Crippen molar-refractivity contribution in [2.75, 3.05) is 23.3 Å². The lowest BCUT2D eigenvalue weighted by Gasteiger charge is -2.53. The van der Waals surface area contributed by atoms with Crippen LogP contribution < -0.4 is 10.2 Å². The Labute approximate surface area is 203 Å². The minimum absolute atomic E-state index is 0.0287. The maximum atomic E-state index is 13.9. The number of nitrogens with one attached hydrogen (secondary N) is 1. The standard InChI is InChI=1S/C26H28N4O3S/c1-17-24(19-12-14-29(17)15-13-19)30(21-6-4-3-5-7-21)25(32)20-8-10-22(11-9-20)34-23-16-27-26(33-23)28-18(2)31/h3-11,16-17,19,24H,12-15H2,1-2H3,(H,27,28,31)/t17-,24-/m0/s1. The Morgan fingerprint density at radius 1 is 1.09 bits per heavy atom. The first kappa shape index (κ1) is 22.7. The number of fused-ring (bicyclic) bond motifs is 3. The highest BCUT2D eigenvalue weighted by molar-refractivity contribution is 7.99. The van der Waals surface area contributed by atoms with Crippen molar-refractivity contribution in [3.05, 3.63) is 66.4 Å². The van der Waals surface area contributed by atoms with Crippen LogP contribution in [0.4, 0.5) is 11.7 Å². The van der Waals surface area contributed by atoms with Crippen molar-refractivity contribution in [3.8, 4) is 0 Å². The van der Waals surface area contributed by atoms with Gasteiger partial charge in [-0.3, -0.25) is 19.8 Å². The molecule has 3 fully saturated rings. The molecule has 0 radical (unpaired) electrons. The second-order valence-electron chi connectivity index (χ2n) is 8.91. The Bertz CT molecular complexity index is 1150. The molecule has 3 aliphatic heterocycles. The van der Waals surface area contributed by atoms with Crippen LogP contribution in [0.25, 0.3) is 0 Å². The third-order valence-corrected chi connectivity index (χ3v) is 7.66. The molecular weight excluding hydrogens is 448 g/mol. The first-order valence-electron chi connectivity index (χ1n) is 11.6. The fourth-order valence-corrected chi connectivity index (χ4v) is 5.88. The van der Waals surface area contributed by atoms with Crippen LogP contribution >= 0.6 is 11.8 Å². The van der Waals surface area contributed by atoms with Gasteiger partial charge in [-0.15, -0.1) is 0 Å². The maximum Gasteiger partial charge on any atom is 0.302 e. The van der Waals surface area contributed by atoms with Crippen LogP contribution in [0.15, 0.2) is 75.2 Å². The molecule has 2 atom stereocenters. The number of oxazole rings is 1. The molecule has 0 unspecified atom stereocenters. The number of carbonyl (C=O) groups is 2. The highest BCUT2D eigenvalue weighted by Crippen LogP contribution is 2.38. The van der Waals surface area contributed by atoms with Gasteiger partial charge in [0.1, 0.15) is 0 Å². The number of anilines is 2. The van der Waals surface area contributed by atoms with Crippen LogP contribution in [0.3, 0.4) is 0 Å². The molecule has 176 valence electrons. The molecule has 0 spiro atoms. The highest BCUT2D eigenvalue weighted by Gasteiger charge is 2.44. The summed E-state index contributed by atoms with van der Waals surface area (Å²) >= 11 is 1.39. The van der Waals surface area contributed by atoms with Gasteiger partial charge in [0.15, 0.2) is 5.09 Å². The maximum absolute atomic E-state index is 13.9. The SMILES string of the molecule is CC(=O)Nc1ncc(Sc2ccc(C(=O)N(c3ccccc3)[C@@H]3C4CCN(CC4)[C@H]3C)cc2)o1. The Kier molecular flexibility index (Phi) is 6.43. The molecule has 3 aromatic rings. The molecule has 8 heteroatoms. The van der Waals surface area contributed by atoms with E-state index in [-0.39, 0.29) is 23.9 Å². The summed E-state index contributed by atoms with van der Waals surface area (Å²) in [6, 6.07) is 18.3. The highest BCUT2D eigenvalue weighted by atomic mass is 32.2. The summed E-state index contributed by atoms with van der Waals surface area (Å²) in [4.78, 5) is 34.5. The molecule has 1 aromatic heterocycles.